The van der Waals surface area contributed by atoms with E-state index >= 15 is 0 Å². The number of aliphatic hydroxyl groups excluding tert-OH is 1. The number of hydrogen-bond donors (Lipinski definition) is 1. The number of aliphatic hydroxyl groups is 1. The third kappa shape index (κ3) is 44.6. The van der Waals surface area contributed by atoms with Gasteiger partial charge in [0.05, 0.1) is 32.3 Å². The number of carbonyl (C=O) groups excluding carboxylic acids is 5. The molecule has 0 rings (SSSR count). The number of hydrogen-bond acceptors (Lipinski definition) is 13. The predicted octanol–water partition coefficient (Wildman–Crippen LogP) is 12.1. The highest BCUT2D eigenvalue weighted by Gasteiger charge is 2.20. The number of carbonyl (C=O) groups is 5. The first kappa shape index (κ1) is 63.3. The zero-order valence-electron chi connectivity index (χ0n) is 42.5. The molecule has 0 saturated heterocycles. The van der Waals surface area contributed by atoms with Crippen molar-refractivity contribution < 1.29 is 57.5 Å². The average Bonchev–Trinajstić information content (AvgIpc) is 3.31. The molecule has 0 aromatic carbocycles. The number of nitrogens with zero attached hydrogens (tertiary/aromatic N) is 1. The van der Waals surface area contributed by atoms with Crippen molar-refractivity contribution in [3.63, 3.8) is 0 Å². The summed E-state index contributed by atoms with van der Waals surface area (Å²) in [6, 6.07) is 0. The summed E-state index contributed by atoms with van der Waals surface area (Å²) in [5.41, 5.74) is 0. The molecule has 388 valence electrons. The van der Waals surface area contributed by atoms with Gasteiger partial charge in [-0.3, -0.25) is 24.1 Å². The van der Waals surface area contributed by atoms with E-state index < -0.39 is 18.0 Å². The third-order valence-electron chi connectivity index (χ3n) is 11.3. The molecule has 0 aliphatic rings. The van der Waals surface area contributed by atoms with Crippen molar-refractivity contribution in [2.24, 2.45) is 11.8 Å². The predicted molar refractivity (Wildman–Crippen MR) is 266 cm³/mol. The second-order valence-electron chi connectivity index (χ2n) is 17.7. The Kier molecular flexibility index (Phi) is 46.0. The van der Waals surface area contributed by atoms with Crippen LogP contribution in [0.25, 0.3) is 0 Å². The van der Waals surface area contributed by atoms with Gasteiger partial charge in [-0.15, -0.1) is 6.58 Å². The van der Waals surface area contributed by atoms with Gasteiger partial charge < -0.3 is 33.5 Å². The molecule has 0 saturated carbocycles. The molecule has 0 radical (unpaired) electrons. The van der Waals surface area contributed by atoms with Crippen LogP contribution in [0.2, 0.25) is 0 Å². The van der Waals surface area contributed by atoms with Crippen molar-refractivity contribution >= 4 is 30.0 Å². The molecule has 1 atom stereocenters. The second kappa shape index (κ2) is 48.7. The van der Waals surface area contributed by atoms with E-state index in [4.69, 9.17) is 28.4 Å². The molecule has 0 spiro atoms. The Balaban J connectivity index is 5.07. The van der Waals surface area contributed by atoms with Gasteiger partial charge in [-0.1, -0.05) is 135 Å². The molecular formula is C54H95NO12. The highest BCUT2D eigenvalue weighted by atomic mass is 16.7. The summed E-state index contributed by atoms with van der Waals surface area (Å²) in [5.74, 6) is -2.29. The standard InChI is InChI=1S/C54H95NO12/c1-5-9-12-15-16-17-18-19-20-21-22-23-24-27-30-36-52(59)65-45-49(47-67-54(61)62-42-32-39-55(38-8-4)40-41-56)46-66-53(60)37-31-33-48(43-63-50(57)34-28-25-13-10-6-2)44-64-51(58)35-29-26-14-11-7-3/h8,16-17,19-20,48-49,56H,4-7,9-15,18,21-47H2,1-3H3/b17-16-,20-19-. The summed E-state index contributed by atoms with van der Waals surface area (Å²) >= 11 is 0. The maximum absolute atomic E-state index is 12.9. The molecule has 0 aliphatic heterocycles. The zero-order valence-corrected chi connectivity index (χ0v) is 42.5. The van der Waals surface area contributed by atoms with Crippen molar-refractivity contribution in [2.45, 2.75) is 201 Å². The molecule has 67 heavy (non-hydrogen) atoms. The highest BCUT2D eigenvalue weighted by Crippen LogP contribution is 2.16. The van der Waals surface area contributed by atoms with Crippen LogP contribution in [0.1, 0.15) is 201 Å². The van der Waals surface area contributed by atoms with Gasteiger partial charge >= 0.3 is 30.0 Å². The largest absolute Gasteiger partial charge is 0.508 e. The van der Waals surface area contributed by atoms with E-state index in [9.17, 15) is 29.1 Å². The van der Waals surface area contributed by atoms with Crippen LogP contribution in [0.3, 0.4) is 0 Å². The van der Waals surface area contributed by atoms with Crippen LogP contribution >= 0.6 is 0 Å². The minimum atomic E-state index is -0.884. The van der Waals surface area contributed by atoms with E-state index in [2.05, 4.69) is 51.7 Å². The highest BCUT2D eigenvalue weighted by molar-refractivity contribution is 5.70. The summed E-state index contributed by atoms with van der Waals surface area (Å²) in [6.07, 6.45) is 34.3. The Bertz CT molecular complexity index is 1260. The van der Waals surface area contributed by atoms with Crippen LogP contribution in [0.15, 0.2) is 37.0 Å². The number of allylic oxidation sites excluding steroid dienone is 4. The molecule has 1 unspecified atom stereocenters. The van der Waals surface area contributed by atoms with E-state index in [1.807, 2.05) is 4.90 Å². The lowest BCUT2D eigenvalue weighted by Gasteiger charge is -2.19. The molecule has 0 aliphatic carbocycles. The van der Waals surface area contributed by atoms with Crippen molar-refractivity contribution in [3.8, 4) is 0 Å². The minimum absolute atomic E-state index is 0.0106. The van der Waals surface area contributed by atoms with Gasteiger partial charge in [0.2, 0.25) is 0 Å². The summed E-state index contributed by atoms with van der Waals surface area (Å²) < 4.78 is 32.9. The van der Waals surface area contributed by atoms with Crippen LogP contribution in [0.4, 0.5) is 4.79 Å². The van der Waals surface area contributed by atoms with Crippen molar-refractivity contribution in [1.29, 1.82) is 0 Å². The maximum Gasteiger partial charge on any atom is 0.508 e. The van der Waals surface area contributed by atoms with Crippen molar-refractivity contribution in [3.05, 3.63) is 37.0 Å². The minimum Gasteiger partial charge on any atom is -0.465 e. The van der Waals surface area contributed by atoms with Crippen LogP contribution < -0.4 is 0 Å². The number of ether oxygens (including phenoxy) is 6. The molecule has 0 aromatic rings. The smallest absolute Gasteiger partial charge is 0.465 e. The molecule has 0 amide bonds. The van der Waals surface area contributed by atoms with Crippen LogP contribution in [-0.4, -0.2) is 106 Å². The number of unbranched alkanes of at least 4 members (excludes halogenated alkanes) is 16. The van der Waals surface area contributed by atoms with Gasteiger partial charge in [-0.2, -0.15) is 0 Å². The van der Waals surface area contributed by atoms with Crippen LogP contribution in [0, 0.1) is 11.8 Å². The Morgan fingerprint density at radius 1 is 0.478 bits per heavy atom. The zero-order chi connectivity index (χ0) is 49.3. The first-order valence-electron chi connectivity index (χ1n) is 26.3. The van der Waals surface area contributed by atoms with Gasteiger partial charge in [0.1, 0.15) is 19.8 Å². The summed E-state index contributed by atoms with van der Waals surface area (Å²) in [4.78, 5) is 65.0. The Labute approximate surface area is 406 Å². The van der Waals surface area contributed by atoms with Gasteiger partial charge in [-0.25, -0.2) is 4.79 Å². The molecule has 1 N–H and O–H groups in total. The first-order valence-corrected chi connectivity index (χ1v) is 26.3. The van der Waals surface area contributed by atoms with E-state index in [-0.39, 0.29) is 82.9 Å². The molecule has 13 heteroatoms. The SMILES string of the molecule is C=CCN(CCO)CCCOC(=O)OCC(COC(=O)CCCCCCC/C=C\C/C=C\CCCCC)COC(=O)CCCC(COC(=O)CCCCCCC)COC(=O)CCCCCCC. The molecule has 0 bridgehead atoms. The topological polar surface area (TPSA) is 164 Å². The normalized spacial score (nSPS) is 11.9. The summed E-state index contributed by atoms with van der Waals surface area (Å²) in [7, 11) is 0. The number of rotatable bonds is 48. The molecule has 13 nitrogen and oxygen atoms in total. The average molecular weight is 950 g/mol. The lowest BCUT2D eigenvalue weighted by Crippen LogP contribution is -2.29. The van der Waals surface area contributed by atoms with Gasteiger partial charge in [-0.05, 0) is 70.6 Å². The molecule has 0 heterocycles. The maximum atomic E-state index is 12.9. The third-order valence-corrected chi connectivity index (χ3v) is 11.3. The van der Waals surface area contributed by atoms with Gasteiger partial charge in [0.15, 0.2) is 0 Å². The van der Waals surface area contributed by atoms with Crippen LogP contribution in [-0.2, 0) is 47.6 Å². The van der Waals surface area contributed by atoms with Gasteiger partial charge in [0.25, 0.3) is 0 Å². The summed E-state index contributed by atoms with van der Waals surface area (Å²) in [5, 5.41) is 9.26. The lowest BCUT2D eigenvalue weighted by molar-refractivity contribution is -0.152. The fraction of sp³-hybridized carbons (Fsp3) is 0.796. The second-order valence-corrected chi connectivity index (χ2v) is 17.7. The fourth-order valence-corrected chi connectivity index (χ4v) is 7.14. The fourth-order valence-electron chi connectivity index (χ4n) is 7.14. The monoisotopic (exact) mass is 950 g/mol. The lowest BCUT2D eigenvalue weighted by atomic mass is 10.0. The van der Waals surface area contributed by atoms with E-state index in [1.165, 1.54) is 19.3 Å². The molecular weight excluding hydrogens is 855 g/mol. The van der Waals surface area contributed by atoms with Crippen LogP contribution in [0.5, 0.6) is 0 Å². The molecule has 0 fully saturated rings. The first-order chi connectivity index (χ1) is 32.7. The van der Waals surface area contributed by atoms with Gasteiger partial charge in [0, 0.05) is 51.2 Å². The summed E-state index contributed by atoms with van der Waals surface area (Å²) in [6.45, 7) is 11.8. The Hall–Kier alpha value is -3.71. The van der Waals surface area contributed by atoms with E-state index in [0.717, 1.165) is 109 Å². The number of esters is 4. The van der Waals surface area contributed by atoms with Crippen molar-refractivity contribution in [1.82, 2.24) is 4.90 Å². The Morgan fingerprint density at radius 3 is 1.39 bits per heavy atom. The molecule has 0 aromatic heterocycles. The quantitative estimate of drug-likeness (QED) is 0.0265. The van der Waals surface area contributed by atoms with E-state index in [0.29, 0.717) is 58.2 Å². The Morgan fingerprint density at radius 2 is 0.896 bits per heavy atom. The van der Waals surface area contributed by atoms with Crippen molar-refractivity contribution in [2.75, 3.05) is 65.9 Å². The van der Waals surface area contributed by atoms with E-state index in [1.54, 1.807) is 6.08 Å².